The zero-order chi connectivity index (χ0) is 17.6. The number of nitrogens with one attached hydrogen (secondary N) is 1. The number of rotatable bonds is 6. The van der Waals surface area contributed by atoms with E-state index >= 15 is 0 Å². The molecule has 7 nitrogen and oxygen atoms in total. The lowest BCUT2D eigenvalue weighted by molar-refractivity contribution is -0.147. The number of fused-ring (bicyclic) bond motifs is 1. The summed E-state index contributed by atoms with van der Waals surface area (Å²) in [6.45, 7) is -0.164. The monoisotopic (exact) mass is 362 g/mol. The van der Waals surface area contributed by atoms with E-state index in [-0.39, 0.29) is 19.8 Å². The van der Waals surface area contributed by atoms with Crippen molar-refractivity contribution in [3.05, 3.63) is 47.1 Å². The second-order valence-electron chi connectivity index (χ2n) is 5.26. The number of pyridine rings is 1. The highest BCUT2D eigenvalue weighted by atomic mass is 35.5. The molecule has 0 bridgehead atoms. The molecule has 130 valence electrons. The van der Waals surface area contributed by atoms with Crippen LogP contribution in [0.5, 0.6) is 11.5 Å². The van der Waals surface area contributed by atoms with Crippen LogP contribution < -0.4 is 14.8 Å². The van der Waals surface area contributed by atoms with Crippen LogP contribution in [0.2, 0.25) is 5.02 Å². The summed E-state index contributed by atoms with van der Waals surface area (Å²) >= 11 is 5.71. The van der Waals surface area contributed by atoms with Crippen molar-refractivity contribution in [1.82, 2.24) is 4.98 Å². The van der Waals surface area contributed by atoms with Gasteiger partial charge in [0.2, 0.25) is 6.79 Å². The van der Waals surface area contributed by atoms with Crippen LogP contribution in [-0.4, -0.2) is 30.3 Å². The summed E-state index contributed by atoms with van der Waals surface area (Å²) in [6, 6.07) is 8.65. The van der Waals surface area contributed by atoms with Crippen molar-refractivity contribution in [3.8, 4) is 11.5 Å². The molecule has 1 aromatic heterocycles. The number of halogens is 1. The first-order valence-corrected chi connectivity index (χ1v) is 7.93. The smallest absolute Gasteiger partial charge is 0.306 e. The zero-order valence-electron chi connectivity index (χ0n) is 13.2. The van der Waals surface area contributed by atoms with Crippen LogP contribution in [0.1, 0.15) is 12.0 Å². The maximum atomic E-state index is 11.8. The lowest BCUT2D eigenvalue weighted by Gasteiger charge is -2.06. The summed E-state index contributed by atoms with van der Waals surface area (Å²) < 4.78 is 15.5. The number of aryl methyl sites for hydroxylation is 1. The highest BCUT2D eigenvalue weighted by Gasteiger charge is 2.14. The van der Waals surface area contributed by atoms with Crippen molar-refractivity contribution in [3.63, 3.8) is 0 Å². The number of hydrogen-bond donors (Lipinski definition) is 1. The Hall–Kier alpha value is -2.80. The molecule has 0 atom stereocenters. The van der Waals surface area contributed by atoms with Gasteiger partial charge >= 0.3 is 5.97 Å². The fraction of sp³-hybridized carbons (Fsp3) is 0.235. The maximum absolute atomic E-state index is 11.8. The molecule has 0 aliphatic carbocycles. The SMILES string of the molecule is O=C(COC(=O)CCc1ccc2c(c1)OCO2)Nc1ccc(Cl)cn1. The third kappa shape index (κ3) is 4.84. The van der Waals surface area contributed by atoms with E-state index in [0.29, 0.717) is 28.8 Å². The molecule has 1 N–H and O–H groups in total. The molecule has 0 spiro atoms. The Bertz CT molecular complexity index is 779. The summed E-state index contributed by atoms with van der Waals surface area (Å²) in [5.41, 5.74) is 0.927. The molecule has 3 rings (SSSR count). The summed E-state index contributed by atoms with van der Waals surface area (Å²) in [5.74, 6) is 0.772. The van der Waals surface area contributed by atoms with Crippen molar-refractivity contribution >= 4 is 29.3 Å². The Morgan fingerprint density at radius 1 is 1.20 bits per heavy atom. The lowest BCUT2D eigenvalue weighted by Crippen LogP contribution is -2.21. The van der Waals surface area contributed by atoms with Crippen LogP contribution >= 0.6 is 11.6 Å². The van der Waals surface area contributed by atoms with Crippen LogP contribution in [0.4, 0.5) is 5.82 Å². The molecule has 1 aromatic carbocycles. The minimum atomic E-state index is -0.466. The fourth-order valence-corrected chi connectivity index (χ4v) is 2.30. The third-order valence-corrected chi connectivity index (χ3v) is 3.64. The first-order chi connectivity index (χ1) is 12.1. The van der Waals surface area contributed by atoms with Crippen LogP contribution in [0.25, 0.3) is 0 Å². The minimum absolute atomic E-state index is 0.159. The van der Waals surface area contributed by atoms with Crippen LogP contribution in [0, 0.1) is 0 Å². The van der Waals surface area contributed by atoms with Crippen molar-refractivity contribution < 1.29 is 23.8 Å². The summed E-state index contributed by atoms with van der Waals surface area (Å²) in [7, 11) is 0. The number of esters is 1. The zero-order valence-corrected chi connectivity index (χ0v) is 13.9. The van der Waals surface area contributed by atoms with E-state index < -0.39 is 11.9 Å². The van der Waals surface area contributed by atoms with Gasteiger partial charge < -0.3 is 19.5 Å². The predicted octanol–water partition coefficient (Wildman–Crippen LogP) is 2.58. The quantitative estimate of drug-likeness (QED) is 0.795. The number of ether oxygens (including phenoxy) is 3. The molecule has 1 aliphatic rings. The molecule has 0 radical (unpaired) electrons. The number of amides is 1. The van der Waals surface area contributed by atoms with E-state index in [0.717, 1.165) is 5.56 Å². The molecular formula is C17H15ClN2O5. The Labute approximate surface area is 148 Å². The van der Waals surface area contributed by atoms with Gasteiger partial charge in [-0.25, -0.2) is 4.98 Å². The van der Waals surface area contributed by atoms with E-state index in [4.69, 9.17) is 25.8 Å². The Morgan fingerprint density at radius 3 is 2.84 bits per heavy atom. The first-order valence-electron chi connectivity index (χ1n) is 7.56. The number of nitrogens with zero attached hydrogens (tertiary/aromatic N) is 1. The molecular weight excluding hydrogens is 348 g/mol. The van der Waals surface area contributed by atoms with Crippen molar-refractivity contribution in [2.24, 2.45) is 0 Å². The van der Waals surface area contributed by atoms with Crippen LogP contribution in [0.3, 0.4) is 0 Å². The number of anilines is 1. The van der Waals surface area contributed by atoms with Crippen LogP contribution in [0.15, 0.2) is 36.5 Å². The molecule has 1 aliphatic heterocycles. The molecule has 0 saturated heterocycles. The average Bonchev–Trinajstić information content (AvgIpc) is 3.08. The van der Waals surface area contributed by atoms with E-state index in [1.54, 1.807) is 18.2 Å². The third-order valence-electron chi connectivity index (χ3n) is 3.41. The van der Waals surface area contributed by atoms with Crippen molar-refractivity contribution in [1.29, 1.82) is 0 Å². The van der Waals surface area contributed by atoms with Gasteiger partial charge in [0.1, 0.15) is 5.82 Å². The van der Waals surface area contributed by atoms with Gasteiger partial charge in [-0.05, 0) is 36.2 Å². The second kappa shape index (κ2) is 7.85. The van der Waals surface area contributed by atoms with Gasteiger partial charge in [-0.1, -0.05) is 17.7 Å². The average molecular weight is 363 g/mol. The predicted molar refractivity (Wildman–Crippen MR) is 89.7 cm³/mol. The summed E-state index contributed by atoms with van der Waals surface area (Å²) in [4.78, 5) is 27.4. The molecule has 2 aromatic rings. The molecule has 0 fully saturated rings. The number of hydrogen-bond acceptors (Lipinski definition) is 6. The summed E-state index contributed by atoms with van der Waals surface area (Å²) in [6.07, 6.45) is 2.05. The van der Waals surface area contributed by atoms with Gasteiger partial charge in [-0.3, -0.25) is 9.59 Å². The largest absolute Gasteiger partial charge is 0.456 e. The van der Waals surface area contributed by atoms with Crippen LogP contribution in [-0.2, 0) is 20.7 Å². The summed E-state index contributed by atoms with van der Waals surface area (Å²) in [5, 5.41) is 2.98. The van der Waals surface area contributed by atoms with Crippen molar-refractivity contribution in [2.75, 3.05) is 18.7 Å². The van der Waals surface area contributed by atoms with Crippen molar-refractivity contribution in [2.45, 2.75) is 12.8 Å². The Kier molecular flexibility index (Phi) is 5.35. The molecule has 1 amide bonds. The molecule has 25 heavy (non-hydrogen) atoms. The van der Waals surface area contributed by atoms with Gasteiger partial charge in [-0.2, -0.15) is 0 Å². The topological polar surface area (TPSA) is 86.8 Å². The van der Waals surface area contributed by atoms with Gasteiger partial charge in [-0.15, -0.1) is 0 Å². The number of carbonyl (C=O) groups excluding carboxylic acids is 2. The second-order valence-corrected chi connectivity index (χ2v) is 5.69. The molecule has 0 saturated carbocycles. The Balaban J connectivity index is 1.40. The first kappa shape index (κ1) is 17.0. The maximum Gasteiger partial charge on any atom is 0.306 e. The van der Waals surface area contributed by atoms with E-state index in [1.807, 2.05) is 12.1 Å². The van der Waals surface area contributed by atoms with Gasteiger partial charge in [0, 0.05) is 12.6 Å². The van der Waals surface area contributed by atoms with E-state index in [1.165, 1.54) is 6.20 Å². The van der Waals surface area contributed by atoms with Gasteiger partial charge in [0.15, 0.2) is 18.1 Å². The fourth-order valence-electron chi connectivity index (χ4n) is 2.19. The lowest BCUT2D eigenvalue weighted by atomic mass is 10.1. The molecule has 8 heteroatoms. The molecule has 2 heterocycles. The highest BCUT2D eigenvalue weighted by molar-refractivity contribution is 6.30. The normalized spacial score (nSPS) is 11.9. The number of aromatic nitrogens is 1. The molecule has 0 unspecified atom stereocenters. The standard InChI is InChI=1S/C17H15ClN2O5/c18-12-3-5-15(19-8-12)20-16(21)9-23-17(22)6-2-11-1-4-13-14(7-11)25-10-24-13/h1,3-5,7-8H,2,6,9-10H2,(H,19,20,21). The van der Waals surface area contributed by atoms with Gasteiger partial charge in [0.25, 0.3) is 5.91 Å². The number of benzene rings is 1. The highest BCUT2D eigenvalue weighted by Crippen LogP contribution is 2.32. The minimum Gasteiger partial charge on any atom is -0.456 e. The van der Waals surface area contributed by atoms with E-state index in [9.17, 15) is 9.59 Å². The van der Waals surface area contributed by atoms with E-state index in [2.05, 4.69) is 10.3 Å². The van der Waals surface area contributed by atoms with Gasteiger partial charge in [0.05, 0.1) is 5.02 Å². The number of carbonyl (C=O) groups is 2. The Morgan fingerprint density at radius 2 is 2.04 bits per heavy atom.